The van der Waals surface area contributed by atoms with Crippen molar-refractivity contribution in [2.75, 3.05) is 12.3 Å². The van der Waals surface area contributed by atoms with Crippen molar-refractivity contribution < 1.29 is 13.7 Å². The molecule has 0 spiro atoms. The molecule has 0 unspecified atom stereocenters. The minimum absolute atomic E-state index is 0.0560. The fourth-order valence-electron chi connectivity index (χ4n) is 1.38. The SMILES string of the molecule is Nc1cc(C(=O)NCCc2ncno2)ccc1F. The highest BCUT2D eigenvalue weighted by Crippen LogP contribution is 2.11. The number of nitrogens with two attached hydrogens (primary N) is 1. The second-order valence-corrected chi connectivity index (χ2v) is 3.58. The normalized spacial score (nSPS) is 10.3. The fourth-order valence-corrected chi connectivity index (χ4v) is 1.38. The monoisotopic (exact) mass is 250 g/mol. The zero-order valence-corrected chi connectivity index (χ0v) is 9.39. The molecule has 1 aromatic heterocycles. The van der Waals surface area contributed by atoms with E-state index in [1.54, 1.807) is 0 Å². The maximum Gasteiger partial charge on any atom is 0.251 e. The Labute approximate surface area is 102 Å². The Balaban J connectivity index is 1.89. The number of benzene rings is 1. The Bertz CT molecular complexity index is 542. The lowest BCUT2D eigenvalue weighted by atomic mass is 10.2. The van der Waals surface area contributed by atoms with Gasteiger partial charge in [0.15, 0.2) is 6.33 Å². The molecule has 2 aromatic rings. The van der Waals surface area contributed by atoms with E-state index in [2.05, 4.69) is 15.5 Å². The number of nitrogen functional groups attached to an aromatic ring is 1. The van der Waals surface area contributed by atoms with Crippen LogP contribution in [0.15, 0.2) is 29.0 Å². The van der Waals surface area contributed by atoms with E-state index in [0.29, 0.717) is 24.4 Å². The Morgan fingerprint density at radius 1 is 1.50 bits per heavy atom. The second-order valence-electron chi connectivity index (χ2n) is 3.58. The number of nitrogens with zero attached hydrogens (tertiary/aromatic N) is 2. The molecule has 18 heavy (non-hydrogen) atoms. The summed E-state index contributed by atoms with van der Waals surface area (Å²) in [6.45, 7) is 0.346. The number of rotatable bonds is 4. The van der Waals surface area contributed by atoms with Crippen molar-refractivity contribution in [1.82, 2.24) is 15.5 Å². The van der Waals surface area contributed by atoms with E-state index >= 15 is 0 Å². The molecule has 0 atom stereocenters. The van der Waals surface area contributed by atoms with E-state index < -0.39 is 5.82 Å². The highest BCUT2D eigenvalue weighted by molar-refractivity contribution is 5.95. The molecular weight excluding hydrogens is 239 g/mol. The first-order valence-corrected chi connectivity index (χ1v) is 5.25. The molecule has 0 saturated heterocycles. The molecule has 0 fully saturated rings. The van der Waals surface area contributed by atoms with Gasteiger partial charge in [-0.15, -0.1) is 0 Å². The van der Waals surface area contributed by atoms with Gasteiger partial charge >= 0.3 is 0 Å². The van der Waals surface area contributed by atoms with Gasteiger partial charge in [0.2, 0.25) is 5.89 Å². The number of aromatic nitrogens is 2. The maximum absolute atomic E-state index is 12.9. The van der Waals surface area contributed by atoms with Crippen LogP contribution >= 0.6 is 0 Å². The first-order chi connectivity index (χ1) is 8.66. The van der Waals surface area contributed by atoms with Crippen molar-refractivity contribution >= 4 is 11.6 Å². The molecule has 1 amide bonds. The van der Waals surface area contributed by atoms with E-state index in [-0.39, 0.29) is 11.6 Å². The van der Waals surface area contributed by atoms with Crippen molar-refractivity contribution in [2.45, 2.75) is 6.42 Å². The second kappa shape index (κ2) is 5.26. The number of carbonyl (C=O) groups excluding carboxylic acids is 1. The van der Waals surface area contributed by atoms with Gasteiger partial charge in [-0.1, -0.05) is 5.16 Å². The summed E-state index contributed by atoms with van der Waals surface area (Å²) in [7, 11) is 0. The summed E-state index contributed by atoms with van der Waals surface area (Å²) < 4.78 is 17.7. The molecule has 0 radical (unpaired) electrons. The lowest BCUT2D eigenvalue weighted by Gasteiger charge is -2.04. The average molecular weight is 250 g/mol. The third-order valence-corrected chi connectivity index (χ3v) is 2.29. The van der Waals surface area contributed by atoms with Crippen LogP contribution in [-0.2, 0) is 6.42 Å². The highest BCUT2D eigenvalue weighted by atomic mass is 19.1. The number of nitrogens with one attached hydrogen (secondary N) is 1. The van der Waals surface area contributed by atoms with E-state index in [1.807, 2.05) is 0 Å². The molecule has 94 valence electrons. The number of halogens is 1. The standard InChI is InChI=1S/C11H11FN4O2/c12-8-2-1-7(5-9(8)13)11(17)14-4-3-10-15-6-16-18-10/h1-2,5-6H,3-4,13H2,(H,14,17). The van der Waals surface area contributed by atoms with E-state index in [0.717, 1.165) is 6.07 Å². The average Bonchev–Trinajstić information content (AvgIpc) is 2.85. The molecule has 0 bridgehead atoms. The summed E-state index contributed by atoms with van der Waals surface area (Å²) in [5.74, 6) is -0.437. The lowest BCUT2D eigenvalue weighted by molar-refractivity contribution is 0.0953. The predicted molar refractivity (Wildman–Crippen MR) is 61.1 cm³/mol. The summed E-state index contributed by atoms with van der Waals surface area (Å²) in [5.41, 5.74) is 5.63. The van der Waals surface area contributed by atoms with E-state index in [1.165, 1.54) is 18.5 Å². The summed E-state index contributed by atoms with van der Waals surface area (Å²) in [6, 6.07) is 3.81. The molecule has 0 aliphatic heterocycles. The topological polar surface area (TPSA) is 94.0 Å². The summed E-state index contributed by atoms with van der Waals surface area (Å²) in [4.78, 5) is 15.5. The Morgan fingerprint density at radius 2 is 2.33 bits per heavy atom. The van der Waals surface area contributed by atoms with Crippen molar-refractivity contribution in [2.24, 2.45) is 0 Å². The molecule has 0 aliphatic rings. The Kier molecular flexibility index (Phi) is 3.52. The van der Waals surface area contributed by atoms with Crippen LogP contribution < -0.4 is 11.1 Å². The minimum atomic E-state index is -0.544. The van der Waals surface area contributed by atoms with Crippen molar-refractivity contribution in [3.05, 3.63) is 41.8 Å². The number of carbonyl (C=O) groups is 1. The number of anilines is 1. The molecular formula is C11H11FN4O2. The first kappa shape index (κ1) is 12.0. The summed E-state index contributed by atoms with van der Waals surface area (Å²) in [5, 5.41) is 6.08. The van der Waals surface area contributed by atoms with Crippen molar-refractivity contribution in [1.29, 1.82) is 0 Å². The van der Waals surface area contributed by atoms with Gasteiger partial charge in [0.05, 0.1) is 5.69 Å². The van der Waals surface area contributed by atoms with Crippen LogP contribution in [0.3, 0.4) is 0 Å². The van der Waals surface area contributed by atoms with E-state index in [9.17, 15) is 9.18 Å². The van der Waals surface area contributed by atoms with Gasteiger partial charge in [-0.05, 0) is 18.2 Å². The lowest BCUT2D eigenvalue weighted by Crippen LogP contribution is -2.25. The molecule has 7 heteroatoms. The van der Waals surface area contributed by atoms with Crippen LogP contribution in [0.5, 0.6) is 0 Å². The molecule has 0 saturated carbocycles. The number of hydrogen-bond donors (Lipinski definition) is 2. The van der Waals surface area contributed by atoms with Crippen LogP contribution in [0.2, 0.25) is 0 Å². The molecule has 2 rings (SSSR count). The Morgan fingerprint density at radius 3 is 3.00 bits per heavy atom. The van der Waals surface area contributed by atoms with Crippen molar-refractivity contribution in [3.63, 3.8) is 0 Å². The van der Waals surface area contributed by atoms with Crippen LogP contribution in [-0.4, -0.2) is 22.6 Å². The summed E-state index contributed by atoms with van der Waals surface area (Å²) >= 11 is 0. The van der Waals surface area contributed by atoms with Crippen LogP contribution in [0.1, 0.15) is 16.2 Å². The van der Waals surface area contributed by atoms with Crippen LogP contribution in [0.4, 0.5) is 10.1 Å². The molecule has 1 aromatic carbocycles. The van der Waals surface area contributed by atoms with Gasteiger partial charge in [0, 0.05) is 18.5 Å². The van der Waals surface area contributed by atoms with Crippen LogP contribution in [0, 0.1) is 5.82 Å². The first-order valence-electron chi connectivity index (χ1n) is 5.25. The zero-order valence-electron chi connectivity index (χ0n) is 9.39. The molecule has 6 nitrogen and oxygen atoms in total. The van der Waals surface area contributed by atoms with E-state index in [4.69, 9.17) is 10.3 Å². The predicted octanol–water partition coefficient (Wildman–Crippen LogP) is 0.763. The van der Waals surface area contributed by atoms with Gasteiger partial charge in [-0.25, -0.2) is 4.39 Å². The van der Waals surface area contributed by atoms with Gasteiger partial charge in [0.25, 0.3) is 5.91 Å². The summed E-state index contributed by atoms with van der Waals surface area (Å²) in [6.07, 6.45) is 1.72. The fraction of sp³-hybridized carbons (Fsp3) is 0.182. The van der Waals surface area contributed by atoms with Gasteiger partial charge in [-0.2, -0.15) is 4.98 Å². The molecule has 0 aliphatic carbocycles. The van der Waals surface area contributed by atoms with Crippen LogP contribution in [0.25, 0.3) is 0 Å². The Hall–Kier alpha value is -2.44. The zero-order chi connectivity index (χ0) is 13.0. The van der Waals surface area contributed by atoms with Gasteiger partial charge in [0.1, 0.15) is 5.82 Å². The smallest absolute Gasteiger partial charge is 0.251 e. The van der Waals surface area contributed by atoms with Gasteiger partial charge < -0.3 is 15.6 Å². The largest absolute Gasteiger partial charge is 0.396 e. The van der Waals surface area contributed by atoms with Gasteiger partial charge in [-0.3, -0.25) is 4.79 Å². The quantitative estimate of drug-likeness (QED) is 0.781. The number of hydrogen-bond acceptors (Lipinski definition) is 5. The molecule has 3 N–H and O–H groups in total. The highest BCUT2D eigenvalue weighted by Gasteiger charge is 2.08. The maximum atomic E-state index is 12.9. The third-order valence-electron chi connectivity index (χ3n) is 2.29. The van der Waals surface area contributed by atoms with Crippen molar-refractivity contribution in [3.8, 4) is 0 Å². The third kappa shape index (κ3) is 2.82. The minimum Gasteiger partial charge on any atom is -0.396 e. The molecule has 1 heterocycles. The number of amides is 1.